The van der Waals surface area contributed by atoms with E-state index < -0.39 is 17.8 Å². The summed E-state index contributed by atoms with van der Waals surface area (Å²) in [6.07, 6.45) is 4.98. The fourth-order valence-electron chi connectivity index (χ4n) is 4.31. The van der Waals surface area contributed by atoms with Crippen LogP contribution in [0.4, 0.5) is 0 Å². The Bertz CT molecular complexity index is 697. The summed E-state index contributed by atoms with van der Waals surface area (Å²) in [6, 6.07) is 0. The second kappa shape index (κ2) is 6.13. The molecule has 0 amide bonds. The van der Waals surface area contributed by atoms with E-state index in [1.807, 2.05) is 19.9 Å². The minimum absolute atomic E-state index is 0.273. The summed E-state index contributed by atoms with van der Waals surface area (Å²) in [5, 5.41) is 10.8. The number of carbonyl (C=O) groups is 2. The van der Waals surface area contributed by atoms with Crippen LogP contribution in [0.2, 0.25) is 0 Å². The van der Waals surface area contributed by atoms with Gasteiger partial charge in [-0.25, -0.2) is 4.79 Å². The standard InChI is InChI=1S/C20H26O5/c1-6-10(2)18(21)24-14-9-11(3)13-7-8-20(5,23)16(13)17-15(14)12(4)19(22)25-17/h6-8,12,14-17,23H,9H2,1-5H3/b10-6-/t12-,14-,15-,16+,17-,20?/m1/s1. The average Bonchev–Trinajstić information content (AvgIpc) is 2.97. The Morgan fingerprint density at radius 2 is 2.16 bits per heavy atom. The summed E-state index contributed by atoms with van der Waals surface area (Å²) in [5.41, 5.74) is 1.51. The molecule has 1 saturated heterocycles. The van der Waals surface area contributed by atoms with Gasteiger partial charge in [-0.2, -0.15) is 0 Å². The highest BCUT2D eigenvalue weighted by Gasteiger charge is 2.57. The van der Waals surface area contributed by atoms with E-state index in [2.05, 4.69) is 0 Å². The van der Waals surface area contributed by atoms with Crippen LogP contribution in [0.1, 0.15) is 41.0 Å². The van der Waals surface area contributed by atoms with E-state index in [0.29, 0.717) is 12.0 Å². The molecule has 0 aromatic carbocycles. The van der Waals surface area contributed by atoms with Crippen molar-refractivity contribution in [1.29, 1.82) is 0 Å². The van der Waals surface area contributed by atoms with Crippen LogP contribution in [0.15, 0.2) is 34.9 Å². The number of ether oxygens (including phenoxy) is 2. The molecule has 0 radical (unpaired) electrons. The van der Waals surface area contributed by atoms with Gasteiger partial charge in [-0.1, -0.05) is 30.7 Å². The van der Waals surface area contributed by atoms with Gasteiger partial charge in [0.15, 0.2) is 0 Å². The Labute approximate surface area is 148 Å². The van der Waals surface area contributed by atoms with Crippen molar-refractivity contribution in [1.82, 2.24) is 0 Å². The molecule has 0 saturated carbocycles. The molecule has 3 rings (SSSR count). The molecule has 0 spiro atoms. The zero-order chi connectivity index (χ0) is 18.5. The van der Waals surface area contributed by atoms with E-state index in [0.717, 1.165) is 11.1 Å². The van der Waals surface area contributed by atoms with Gasteiger partial charge >= 0.3 is 11.9 Å². The third-order valence-electron chi connectivity index (χ3n) is 5.92. The van der Waals surface area contributed by atoms with Crippen molar-refractivity contribution in [2.24, 2.45) is 17.8 Å². The number of allylic oxidation sites excluding steroid dienone is 2. The highest BCUT2D eigenvalue weighted by molar-refractivity contribution is 5.87. The summed E-state index contributed by atoms with van der Waals surface area (Å²) in [5.74, 6) is -1.63. The molecule has 5 nitrogen and oxygen atoms in total. The van der Waals surface area contributed by atoms with Gasteiger partial charge in [-0.05, 0) is 33.3 Å². The quantitative estimate of drug-likeness (QED) is 0.615. The predicted octanol–water partition coefficient (Wildman–Crippen LogP) is 2.70. The fraction of sp³-hybridized carbons (Fsp3) is 0.600. The Morgan fingerprint density at radius 3 is 2.80 bits per heavy atom. The first-order valence-electron chi connectivity index (χ1n) is 8.83. The highest BCUT2D eigenvalue weighted by atomic mass is 16.6. The van der Waals surface area contributed by atoms with Gasteiger partial charge in [0.25, 0.3) is 0 Å². The lowest BCUT2D eigenvalue weighted by Crippen LogP contribution is -2.44. The number of hydrogen-bond donors (Lipinski definition) is 1. The predicted molar refractivity (Wildman–Crippen MR) is 92.4 cm³/mol. The lowest BCUT2D eigenvalue weighted by molar-refractivity contribution is -0.150. The summed E-state index contributed by atoms with van der Waals surface area (Å²) in [7, 11) is 0. The molecule has 3 aliphatic rings. The number of esters is 2. The van der Waals surface area contributed by atoms with E-state index >= 15 is 0 Å². The monoisotopic (exact) mass is 346 g/mol. The van der Waals surface area contributed by atoms with Gasteiger partial charge in [0.1, 0.15) is 12.2 Å². The van der Waals surface area contributed by atoms with Crippen LogP contribution >= 0.6 is 0 Å². The Balaban J connectivity index is 2.01. The number of rotatable bonds is 2. The first-order chi connectivity index (χ1) is 11.7. The molecule has 25 heavy (non-hydrogen) atoms. The minimum Gasteiger partial charge on any atom is -0.461 e. The first kappa shape index (κ1) is 17.9. The van der Waals surface area contributed by atoms with E-state index in [1.165, 1.54) is 0 Å². The van der Waals surface area contributed by atoms with Crippen molar-refractivity contribution in [3.63, 3.8) is 0 Å². The van der Waals surface area contributed by atoms with Gasteiger partial charge in [-0.3, -0.25) is 4.79 Å². The van der Waals surface area contributed by atoms with Crippen LogP contribution in [0.25, 0.3) is 0 Å². The maximum absolute atomic E-state index is 12.3. The van der Waals surface area contributed by atoms with Crippen molar-refractivity contribution < 1.29 is 24.2 Å². The molecule has 0 bridgehead atoms. The fourth-order valence-corrected chi connectivity index (χ4v) is 4.31. The van der Waals surface area contributed by atoms with Gasteiger partial charge in [0, 0.05) is 17.9 Å². The number of hydrogen-bond acceptors (Lipinski definition) is 5. The maximum atomic E-state index is 12.3. The molecule has 1 aliphatic heterocycles. The molecule has 2 aliphatic carbocycles. The molecule has 1 unspecified atom stereocenters. The zero-order valence-electron chi connectivity index (χ0n) is 15.4. The molecule has 5 heteroatoms. The second-order valence-corrected chi connectivity index (χ2v) is 7.66. The largest absolute Gasteiger partial charge is 0.461 e. The highest BCUT2D eigenvalue weighted by Crippen LogP contribution is 2.50. The summed E-state index contributed by atoms with van der Waals surface area (Å²) in [4.78, 5) is 24.6. The number of fused-ring (bicyclic) bond motifs is 3. The van der Waals surface area contributed by atoms with Crippen LogP contribution < -0.4 is 0 Å². The third-order valence-corrected chi connectivity index (χ3v) is 5.92. The van der Waals surface area contributed by atoms with Crippen molar-refractivity contribution in [2.45, 2.75) is 58.8 Å². The molecule has 1 N–H and O–H groups in total. The van der Waals surface area contributed by atoms with Crippen LogP contribution in [-0.4, -0.2) is 34.9 Å². The van der Waals surface area contributed by atoms with Crippen LogP contribution in [-0.2, 0) is 19.1 Å². The van der Waals surface area contributed by atoms with Gasteiger partial charge in [0.05, 0.1) is 17.4 Å². The lowest BCUT2D eigenvalue weighted by Gasteiger charge is -2.34. The van der Waals surface area contributed by atoms with Crippen molar-refractivity contribution in [3.8, 4) is 0 Å². The summed E-state index contributed by atoms with van der Waals surface area (Å²) in [6.45, 7) is 9.04. The second-order valence-electron chi connectivity index (χ2n) is 7.66. The smallest absolute Gasteiger partial charge is 0.333 e. The average molecular weight is 346 g/mol. The molecule has 6 atom stereocenters. The van der Waals surface area contributed by atoms with E-state index in [-0.39, 0.29) is 29.7 Å². The van der Waals surface area contributed by atoms with Crippen molar-refractivity contribution in [2.75, 3.05) is 0 Å². The lowest BCUT2D eigenvalue weighted by atomic mass is 9.76. The van der Waals surface area contributed by atoms with E-state index in [4.69, 9.17) is 9.47 Å². The van der Waals surface area contributed by atoms with Gasteiger partial charge < -0.3 is 14.6 Å². The van der Waals surface area contributed by atoms with Gasteiger partial charge in [-0.15, -0.1) is 0 Å². The van der Waals surface area contributed by atoms with Crippen LogP contribution in [0.5, 0.6) is 0 Å². The van der Waals surface area contributed by atoms with Crippen LogP contribution in [0.3, 0.4) is 0 Å². The molecule has 1 heterocycles. The summed E-state index contributed by atoms with van der Waals surface area (Å²) < 4.78 is 11.5. The Kier molecular flexibility index (Phi) is 4.40. The normalized spacial score (nSPS) is 40.5. The Hall–Kier alpha value is -1.88. The maximum Gasteiger partial charge on any atom is 0.333 e. The van der Waals surface area contributed by atoms with Crippen molar-refractivity contribution >= 4 is 11.9 Å². The first-order valence-corrected chi connectivity index (χ1v) is 8.83. The molecule has 1 fully saturated rings. The topological polar surface area (TPSA) is 72.8 Å². The number of aliphatic hydroxyl groups is 1. The Morgan fingerprint density at radius 1 is 1.48 bits per heavy atom. The minimum atomic E-state index is -1.08. The van der Waals surface area contributed by atoms with E-state index in [9.17, 15) is 14.7 Å². The van der Waals surface area contributed by atoms with Crippen molar-refractivity contribution in [3.05, 3.63) is 34.9 Å². The van der Waals surface area contributed by atoms with Gasteiger partial charge in [0.2, 0.25) is 0 Å². The molecular weight excluding hydrogens is 320 g/mol. The molecule has 0 aromatic rings. The third kappa shape index (κ3) is 2.84. The zero-order valence-corrected chi connectivity index (χ0v) is 15.4. The SMILES string of the molecule is C/C=C(/C)C(=O)O[C@@H]1CC(C)=C2C=CC(C)(O)[C@@H]2[C@@H]2OC(=O)[C@H](C)[C@@H]21. The number of carbonyl (C=O) groups excluding carboxylic acids is 2. The van der Waals surface area contributed by atoms with Crippen LogP contribution in [0, 0.1) is 17.8 Å². The molecule has 136 valence electrons. The molecular formula is C20H26O5. The van der Waals surface area contributed by atoms with E-state index in [1.54, 1.807) is 32.9 Å². The molecule has 0 aromatic heterocycles. The summed E-state index contributed by atoms with van der Waals surface area (Å²) >= 11 is 0.